The fourth-order valence-corrected chi connectivity index (χ4v) is 0. The summed E-state index contributed by atoms with van der Waals surface area (Å²) in [5.41, 5.74) is 0. The molecule has 0 radical (unpaired) electrons. The molecule has 0 amide bonds. The monoisotopic (exact) mass is 144 g/mol. The van der Waals surface area contributed by atoms with E-state index >= 15 is 0 Å². The molecule has 0 atom stereocenters. The number of rotatable bonds is 0. The Balaban J connectivity index is 0. The Labute approximate surface area is 41.1 Å². The van der Waals surface area contributed by atoms with E-state index in [0.29, 0.717) is 0 Å². The van der Waals surface area contributed by atoms with Crippen LogP contribution in [0.25, 0.3) is 0 Å². The average Bonchev–Trinajstić information content (AvgIpc) is 0.918. The van der Waals surface area contributed by atoms with Crippen LogP contribution >= 0.6 is 28.3 Å². The summed E-state index contributed by atoms with van der Waals surface area (Å²) in [6.45, 7) is 2.04. The topological polar surface area (TPSA) is 0 Å². The first-order valence-electron chi connectivity index (χ1n) is 0.974. The maximum absolute atomic E-state index is 3.15. The molecule has 0 rings (SSSR count). The highest BCUT2D eigenvalue weighted by Gasteiger charge is 1.38. The van der Waals surface area contributed by atoms with Crippen molar-refractivity contribution in [3.8, 4) is 0 Å². The first-order chi connectivity index (χ1) is 1.41. The van der Waals surface area contributed by atoms with Gasteiger partial charge in [0.2, 0.25) is 0 Å². The van der Waals surface area contributed by atoms with Gasteiger partial charge in [-0.05, 0) is 0 Å². The van der Waals surface area contributed by atoms with Crippen LogP contribution in [0.4, 0.5) is 0 Å². The van der Waals surface area contributed by atoms with Crippen LogP contribution in [-0.2, 0) is 0 Å². The van der Waals surface area contributed by atoms with Crippen molar-refractivity contribution in [2.45, 2.75) is 6.92 Å². The smallest absolute Gasteiger partial charge is 0.000281 e. The van der Waals surface area contributed by atoms with Crippen LogP contribution in [0.15, 0.2) is 0 Å². The molecule has 0 aliphatic carbocycles. The molecule has 0 spiro atoms. The fourth-order valence-electron chi connectivity index (χ4n) is 0. The predicted octanol–water partition coefficient (Wildman–Crippen LogP) is 1.82. The summed E-state index contributed by atoms with van der Waals surface area (Å²) >= 11 is 3.15. The zero-order chi connectivity index (χ0) is 2.71. The van der Waals surface area contributed by atoms with Gasteiger partial charge in [-0.25, -0.2) is 0 Å². The van der Waals surface area contributed by atoms with Crippen molar-refractivity contribution in [1.82, 2.24) is 0 Å². The lowest BCUT2D eigenvalue weighted by atomic mass is 11.0. The van der Waals surface area contributed by atoms with Gasteiger partial charge >= 0.3 is 0 Å². The van der Waals surface area contributed by atoms with Crippen LogP contribution in [0.1, 0.15) is 6.92 Å². The number of hydrogen-bond acceptors (Lipinski definition) is 0. The molecule has 0 aromatic heterocycles. The zero-order valence-corrected chi connectivity index (χ0v) is 4.90. The summed E-state index contributed by atoms with van der Waals surface area (Å²) in [6, 6.07) is 0. The third-order valence-electron chi connectivity index (χ3n) is 0. The second-order valence-electron chi connectivity index (χ2n) is 0.267. The Kier molecular flexibility index (Phi) is 20.4. The molecule has 28 valence electrons. The van der Waals surface area contributed by atoms with Gasteiger partial charge in [0.1, 0.15) is 0 Å². The lowest BCUT2D eigenvalue weighted by Gasteiger charge is -1.45. The van der Waals surface area contributed by atoms with Crippen LogP contribution in [0, 0.1) is 0 Å². The quantitative estimate of drug-likeness (QED) is 0.456. The molecule has 0 aliphatic heterocycles. The van der Waals surface area contributed by atoms with Gasteiger partial charge in [0, 0.05) is 5.33 Å². The molecule has 0 bridgehead atoms. The van der Waals surface area contributed by atoms with Gasteiger partial charge in [0.25, 0.3) is 0 Å². The molecule has 0 N–H and O–H groups in total. The van der Waals surface area contributed by atoms with Crippen LogP contribution in [0.3, 0.4) is 0 Å². The molecular formula is C2H6BrCl. The minimum atomic E-state index is 0. The molecule has 0 aliphatic rings. The highest BCUT2D eigenvalue weighted by atomic mass is 79.9. The summed E-state index contributed by atoms with van der Waals surface area (Å²) in [5, 5.41) is 1.06. The van der Waals surface area contributed by atoms with Gasteiger partial charge in [0.05, 0.1) is 0 Å². The highest BCUT2D eigenvalue weighted by molar-refractivity contribution is 9.09. The molecule has 0 saturated carbocycles. The van der Waals surface area contributed by atoms with Crippen LogP contribution < -0.4 is 0 Å². The minimum Gasteiger partial charge on any atom is -0.147 e. The largest absolute Gasteiger partial charge is 0.147 e. The minimum absolute atomic E-state index is 0. The van der Waals surface area contributed by atoms with Gasteiger partial charge in [-0.15, -0.1) is 12.4 Å². The molecule has 0 aromatic carbocycles. The van der Waals surface area contributed by atoms with E-state index in [1.54, 1.807) is 0 Å². The van der Waals surface area contributed by atoms with Crippen molar-refractivity contribution in [3.05, 3.63) is 0 Å². The van der Waals surface area contributed by atoms with Crippen molar-refractivity contribution in [2.24, 2.45) is 0 Å². The molecule has 0 heterocycles. The summed E-state index contributed by atoms with van der Waals surface area (Å²) in [7, 11) is 0. The Morgan fingerprint density at radius 2 is 1.75 bits per heavy atom. The van der Waals surface area contributed by atoms with Crippen molar-refractivity contribution >= 4 is 28.3 Å². The summed E-state index contributed by atoms with van der Waals surface area (Å²) < 4.78 is 0. The van der Waals surface area contributed by atoms with Gasteiger partial charge in [-0.1, -0.05) is 22.9 Å². The Morgan fingerprint density at radius 3 is 1.75 bits per heavy atom. The maximum Gasteiger partial charge on any atom is 0.000281 e. The van der Waals surface area contributed by atoms with Crippen molar-refractivity contribution in [3.63, 3.8) is 0 Å². The van der Waals surface area contributed by atoms with E-state index in [0.717, 1.165) is 5.33 Å². The van der Waals surface area contributed by atoms with E-state index in [1.807, 2.05) is 6.92 Å². The standard InChI is InChI=1S/C2H5Br.ClH/c1-2-3;/h2H2,1H3;1H. The van der Waals surface area contributed by atoms with Gasteiger partial charge < -0.3 is 0 Å². The lowest BCUT2D eigenvalue weighted by Crippen LogP contribution is -1.34. The summed E-state index contributed by atoms with van der Waals surface area (Å²) in [4.78, 5) is 0. The number of halogens is 2. The highest BCUT2D eigenvalue weighted by Crippen LogP contribution is 1.67. The molecule has 0 saturated heterocycles. The SMILES string of the molecule is CCBr.Cl. The fraction of sp³-hybridized carbons (Fsp3) is 1.00. The van der Waals surface area contributed by atoms with Gasteiger partial charge in [-0.2, -0.15) is 0 Å². The van der Waals surface area contributed by atoms with Gasteiger partial charge in [-0.3, -0.25) is 0 Å². The van der Waals surface area contributed by atoms with E-state index in [2.05, 4.69) is 15.9 Å². The zero-order valence-electron chi connectivity index (χ0n) is 2.49. The van der Waals surface area contributed by atoms with Crippen LogP contribution in [-0.4, -0.2) is 5.33 Å². The second-order valence-corrected chi connectivity index (χ2v) is 1.39. The first kappa shape index (κ1) is 8.84. The Morgan fingerprint density at radius 1 is 1.75 bits per heavy atom. The molecule has 0 nitrogen and oxygen atoms in total. The number of alkyl halides is 1. The van der Waals surface area contributed by atoms with E-state index in [9.17, 15) is 0 Å². The van der Waals surface area contributed by atoms with E-state index in [4.69, 9.17) is 0 Å². The third kappa shape index (κ3) is 14.6. The van der Waals surface area contributed by atoms with Crippen molar-refractivity contribution in [2.75, 3.05) is 5.33 Å². The molecule has 0 fully saturated rings. The Bertz CT molecular complexity index is 6.00. The third-order valence-corrected chi connectivity index (χ3v) is 0. The van der Waals surface area contributed by atoms with Crippen LogP contribution in [0.5, 0.6) is 0 Å². The molecular weight excluding hydrogens is 139 g/mol. The number of hydrogen-bond donors (Lipinski definition) is 0. The average molecular weight is 145 g/mol. The van der Waals surface area contributed by atoms with Crippen molar-refractivity contribution in [1.29, 1.82) is 0 Å². The molecule has 4 heavy (non-hydrogen) atoms. The molecule has 0 unspecified atom stereocenters. The van der Waals surface area contributed by atoms with E-state index in [-0.39, 0.29) is 12.4 Å². The van der Waals surface area contributed by atoms with Crippen LogP contribution in [0.2, 0.25) is 0 Å². The normalized spacial score (nSPS) is 4.50. The second kappa shape index (κ2) is 9.23. The summed E-state index contributed by atoms with van der Waals surface area (Å²) in [5.74, 6) is 0. The lowest BCUT2D eigenvalue weighted by molar-refractivity contribution is 1.56. The maximum atomic E-state index is 3.15. The van der Waals surface area contributed by atoms with E-state index < -0.39 is 0 Å². The van der Waals surface area contributed by atoms with Crippen molar-refractivity contribution < 1.29 is 0 Å². The van der Waals surface area contributed by atoms with E-state index in [1.165, 1.54) is 0 Å². The molecule has 0 aromatic rings. The van der Waals surface area contributed by atoms with Gasteiger partial charge in [0.15, 0.2) is 0 Å². The first-order valence-corrected chi connectivity index (χ1v) is 2.10. The summed E-state index contributed by atoms with van der Waals surface area (Å²) in [6.07, 6.45) is 0. The Hall–Kier alpha value is 0.770. The predicted molar refractivity (Wildman–Crippen MR) is 26.7 cm³/mol. The molecule has 2 heteroatoms.